The number of hydrogen-bond donors (Lipinski definition) is 1. The number of aromatic nitrogens is 2. The highest BCUT2D eigenvalue weighted by atomic mass is 35.5. The van der Waals surface area contributed by atoms with Crippen molar-refractivity contribution in [1.29, 1.82) is 0 Å². The minimum absolute atomic E-state index is 0.449. The van der Waals surface area contributed by atoms with E-state index in [1.54, 1.807) is 7.11 Å². The standard InChI is InChI=1S/C15H14ClN3O/c1-20-13-8-4-7-12-14(13)18-15(17)19(12)9-10-5-2-3-6-11(10)16/h2-8H,9H2,1H3,(H2,17,18). The molecule has 0 radical (unpaired) electrons. The number of rotatable bonds is 3. The maximum Gasteiger partial charge on any atom is 0.201 e. The molecule has 0 saturated carbocycles. The summed E-state index contributed by atoms with van der Waals surface area (Å²) in [6.07, 6.45) is 0. The van der Waals surface area contributed by atoms with Crippen LogP contribution in [0.5, 0.6) is 5.75 Å². The molecule has 102 valence electrons. The van der Waals surface area contributed by atoms with Crippen molar-refractivity contribution in [2.24, 2.45) is 0 Å². The van der Waals surface area contributed by atoms with Gasteiger partial charge in [-0.15, -0.1) is 0 Å². The quantitative estimate of drug-likeness (QED) is 0.804. The molecule has 4 nitrogen and oxygen atoms in total. The summed E-state index contributed by atoms with van der Waals surface area (Å²) in [5, 5.41) is 0.719. The molecule has 0 aliphatic carbocycles. The van der Waals surface area contributed by atoms with E-state index in [1.165, 1.54) is 0 Å². The largest absolute Gasteiger partial charge is 0.494 e. The summed E-state index contributed by atoms with van der Waals surface area (Å²) < 4.78 is 7.24. The van der Waals surface area contributed by atoms with E-state index in [4.69, 9.17) is 22.1 Å². The third-order valence-electron chi connectivity index (χ3n) is 3.28. The van der Waals surface area contributed by atoms with Crippen molar-refractivity contribution in [3.8, 4) is 5.75 Å². The van der Waals surface area contributed by atoms with E-state index in [0.717, 1.165) is 21.6 Å². The number of fused-ring (bicyclic) bond motifs is 1. The Balaban J connectivity index is 2.13. The van der Waals surface area contributed by atoms with E-state index in [2.05, 4.69) is 4.98 Å². The van der Waals surface area contributed by atoms with Gasteiger partial charge in [0.25, 0.3) is 0 Å². The molecule has 0 saturated heterocycles. The number of nitrogens with two attached hydrogens (primary N) is 1. The molecule has 1 aromatic heterocycles. The first-order valence-electron chi connectivity index (χ1n) is 6.23. The lowest BCUT2D eigenvalue weighted by molar-refractivity contribution is 0.419. The molecule has 3 rings (SSSR count). The van der Waals surface area contributed by atoms with Crippen LogP contribution in [0, 0.1) is 0 Å². The molecule has 5 heteroatoms. The van der Waals surface area contributed by atoms with E-state index >= 15 is 0 Å². The molecule has 20 heavy (non-hydrogen) atoms. The SMILES string of the molecule is COc1cccc2c1nc(N)n2Cc1ccccc1Cl. The number of benzene rings is 2. The van der Waals surface area contributed by atoms with Crippen molar-refractivity contribution >= 4 is 28.6 Å². The molecule has 0 atom stereocenters. The van der Waals surface area contributed by atoms with Crippen LogP contribution in [0.15, 0.2) is 42.5 Å². The van der Waals surface area contributed by atoms with Gasteiger partial charge in [0.15, 0.2) is 0 Å². The molecule has 1 heterocycles. The first kappa shape index (κ1) is 12.8. The van der Waals surface area contributed by atoms with Crippen molar-refractivity contribution in [1.82, 2.24) is 9.55 Å². The molecular weight excluding hydrogens is 274 g/mol. The molecule has 0 unspecified atom stereocenters. The molecule has 0 bridgehead atoms. The Morgan fingerprint density at radius 1 is 1.20 bits per heavy atom. The highest BCUT2D eigenvalue weighted by molar-refractivity contribution is 6.31. The first-order chi connectivity index (χ1) is 9.70. The monoisotopic (exact) mass is 287 g/mol. The normalized spacial score (nSPS) is 10.9. The highest BCUT2D eigenvalue weighted by Gasteiger charge is 2.13. The van der Waals surface area contributed by atoms with Crippen LogP contribution in [-0.2, 0) is 6.54 Å². The average molecular weight is 288 g/mol. The maximum absolute atomic E-state index is 6.20. The topological polar surface area (TPSA) is 53.1 Å². The van der Waals surface area contributed by atoms with Gasteiger partial charge in [0, 0.05) is 5.02 Å². The minimum atomic E-state index is 0.449. The fraction of sp³-hybridized carbons (Fsp3) is 0.133. The Kier molecular flexibility index (Phi) is 3.24. The Hall–Kier alpha value is -2.20. The molecule has 2 N–H and O–H groups in total. The summed E-state index contributed by atoms with van der Waals surface area (Å²) in [6, 6.07) is 13.5. The third kappa shape index (κ3) is 2.08. The van der Waals surface area contributed by atoms with Gasteiger partial charge in [0.2, 0.25) is 5.95 Å². The van der Waals surface area contributed by atoms with E-state index in [-0.39, 0.29) is 0 Å². The molecular formula is C15H14ClN3O. The van der Waals surface area contributed by atoms with Gasteiger partial charge in [-0.05, 0) is 23.8 Å². The second-order valence-electron chi connectivity index (χ2n) is 4.48. The zero-order chi connectivity index (χ0) is 14.1. The molecule has 0 fully saturated rings. The van der Waals surface area contributed by atoms with Crippen molar-refractivity contribution < 1.29 is 4.74 Å². The van der Waals surface area contributed by atoms with Crippen LogP contribution in [-0.4, -0.2) is 16.7 Å². The summed E-state index contributed by atoms with van der Waals surface area (Å²) in [6.45, 7) is 0.579. The minimum Gasteiger partial charge on any atom is -0.494 e. The lowest BCUT2D eigenvalue weighted by Gasteiger charge is -2.08. The van der Waals surface area contributed by atoms with Crippen LogP contribution < -0.4 is 10.5 Å². The predicted molar refractivity (Wildman–Crippen MR) is 81.3 cm³/mol. The second-order valence-corrected chi connectivity index (χ2v) is 4.88. The van der Waals surface area contributed by atoms with Crippen LogP contribution in [0.1, 0.15) is 5.56 Å². The number of para-hydroxylation sites is 1. The Morgan fingerprint density at radius 2 is 2.00 bits per heavy atom. The van der Waals surface area contributed by atoms with Gasteiger partial charge in [0.1, 0.15) is 11.3 Å². The van der Waals surface area contributed by atoms with E-state index in [1.807, 2.05) is 47.0 Å². The summed E-state index contributed by atoms with van der Waals surface area (Å²) in [5.41, 5.74) is 8.73. The van der Waals surface area contributed by atoms with Gasteiger partial charge in [-0.2, -0.15) is 0 Å². The zero-order valence-corrected chi connectivity index (χ0v) is 11.8. The van der Waals surface area contributed by atoms with Crippen LogP contribution in [0.2, 0.25) is 5.02 Å². The Labute approximate surface area is 121 Å². The number of nitrogens with zero attached hydrogens (tertiary/aromatic N) is 2. The number of imidazole rings is 1. The van der Waals surface area contributed by atoms with Crippen molar-refractivity contribution in [2.75, 3.05) is 12.8 Å². The van der Waals surface area contributed by atoms with Gasteiger partial charge in [-0.3, -0.25) is 0 Å². The predicted octanol–water partition coefficient (Wildman–Crippen LogP) is 3.33. The van der Waals surface area contributed by atoms with E-state index in [0.29, 0.717) is 18.2 Å². The van der Waals surface area contributed by atoms with Crippen LogP contribution in [0.4, 0.5) is 5.95 Å². The number of hydrogen-bond acceptors (Lipinski definition) is 3. The number of methoxy groups -OCH3 is 1. The highest BCUT2D eigenvalue weighted by Crippen LogP contribution is 2.28. The summed E-state index contributed by atoms with van der Waals surface area (Å²) in [4.78, 5) is 4.38. The van der Waals surface area contributed by atoms with Gasteiger partial charge in [-0.25, -0.2) is 4.98 Å². The number of anilines is 1. The Bertz CT molecular complexity index is 767. The average Bonchev–Trinajstić information content (AvgIpc) is 2.77. The zero-order valence-electron chi connectivity index (χ0n) is 11.0. The lowest BCUT2D eigenvalue weighted by Crippen LogP contribution is -2.04. The van der Waals surface area contributed by atoms with Crippen molar-refractivity contribution in [3.05, 3.63) is 53.1 Å². The molecule has 0 spiro atoms. The summed E-state index contributed by atoms with van der Waals surface area (Å²) >= 11 is 6.20. The van der Waals surface area contributed by atoms with Gasteiger partial charge in [0.05, 0.1) is 19.2 Å². The molecule has 3 aromatic rings. The fourth-order valence-electron chi connectivity index (χ4n) is 2.27. The van der Waals surface area contributed by atoms with E-state index in [9.17, 15) is 0 Å². The van der Waals surface area contributed by atoms with Crippen molar-refractivity contribution in [3.63, 3.8) is 0 Å². The number of halogens is 1. The third-order valence-corrected chi connectivity index (χ3v) is 3.65. The molecule has 0 aliphatic heterocycles. The number of nitrogen functional groups attached to an aromatic ring is 1. The van der Waals surface area contributed by atoms with Crippen LogP contribution in [0.3, 0.4) is 0 Å². The first-order valence-corrected chi connectivity index (χ1v) is 6.60. The fourth-order valence-corrected chi connectivity index (χ4v) is 2.46. The van der Waals surface area contributed by atoms with Crippen molar-refractivity contribution in [2.45, 2.75) is 6.54 Å². The van der Waals surface area contributed by atoms with Crippen LogP contribution >= 0.6 is 11.6 Å². The molecule has 2 aromatic carbocycles. The maximum atomic E-state index is 6.20. The van der Waals surface area contributed by atoms with Gasteiger partial charge < -0.3 is 15.0 Å². The van der Waals surface area contributed by atoms with Crippen LogP contribution in [0.25, 0.3) is 11.0 Å². The lowest BCUT2D eigenvalue weighted by atomic mass is 10.2. The van der Waals surface area contributed by atoms with Gasteiger partial charge in [-0.1, -0.05) is 35.9 Å². The molecule has 0 amide bonds. The van der Waals surface area contributed by atoms with E-state index < -0.39 is 0 Å². The molecule has 0 aliphatic rings. The summed E-state index contributed by atoms with van der Waals surface area (Å²) in [7, 11) is 1.62. The number of ether oxygens (including phenoxy) is 1. The Morgan fingerprint density at radius 3 is 2.75 bits per heavy atom. The summed E-state index contributed by atoms with van der Waals surface area (Å²) in [5.74, 6) is 1.16. The smallest absolute Gasteiger partial charge is 0.201 e. The second kappa shape index (κ2) is 5.06. The van der Waals surface area contributed by atoms with Gasteiger partial charge >= 0.3 is 0 Å².